The predicted octanol–water partition coefficient (Wildman–Crippen LogP) is 5.51. The van der Waals surface area contributed by atoms with Gasteiger partial charge in [-0.1, -0.05) is 26.0 Å². The maximum atomic E-state index is 5.54. The molecule has 0 aliphatic carbocycles. The van der Waals surface area contributed by atoms with E-state index >= 15 is 0 Å². The Morgan fingerprint density at radius 3 is 2.52 bits per heavy atom. The number of para-hydroxylation sites is 2. The number of aromatic nitrogens is 1. The van der Waals surface area contributed by atoms with Gasteiger partial charge in [-0.15, -0.1) is 36.2 Å². The fourth-order valence-electron chi connectivity index (χ4n) is 3.88. The Morgan fingerprint density at radius 1 is 1.15 bits per heavy atom. The second-order valence-electron chi connectivity index (χ2n) is 8.32. The highest BCUT2D eigenvalue weighted by Gasteiger charge is 2.32. The Labute approximate surface area is 228 Å². The van der Waals surface area contributed by atoms with Gasteiger partial charge in [0.05, 0.1) is 22.5 Å². The van der Waals surface area contributed by atoms with Crippen molar-refractivity contribution in [3.8, 4) is 0 Å². The SMILES string of the molecule is CO[C@@H](C)C[C@H]1CN(C2=Nc3ccccc3Nc3sc(C(C)C)nc32)CCN1C.Cl.Cl.S.S. The fourth-order valence-corrected chi connectivity index (χ4v) is 4.86. The lowest BCUT2D eigenvalue weighted by Crippen LogP contribution is -2.54. The Kier molecular flexibility index (Phi) is 13.7. The van der Waals surface area contributed by atoms with Crippen LogP contribution in [0.15, 0.2) is 29.3 Å². The van der Waals surface area contributed by atoms with Crippen LogP contribution in [-0.2, 0) is 4.74 Å². The largest absolute Gasteiger partial charge is 0.382 e. The maximum Gasteiger partial charge on any atom is 0.158 e. The molecular formula is C22H37Cl2N5OS3. The van der Waals surface area contributed by atoms with E-state index in [1.165, 1.54) is 0 Å². The fraction of sp³-hybridized carbons (Fsp3) is 0.545. The first-order valence-corrected chi connectivity index (χ1v) is 11.2. The van der Waals surface area contributed by atoms with Gasteiger partial charge < -0.3 is 15.0 Å². The maximum absolute atomic E-state index is 5.54. The van der Waals surface area contributed by atoms with Crippen molar-refractivity contribution in [3.05, 3.63) is 35.0 Å². The van der Waals surface area contributed by atoms with Crippen LogP contribution in [-0.4, -0.2) is 66.6 Å². The average Bonchev–Trinajstić information content (AvgIpc) is 3.06. The molecule has 188 valence electrons. The van der Waals surface area contributed by atoms with E-state index in [-0.39, 0.29) is 57.9 Å². The van der Waals surface area contributed by atoms with Crippen molar-refractivity contribution in [3.63, 3.8) is 0 Å². The predicted molar refractivity (Wildman–Crippen MR) is 156 cm³/mol. The van der Waals surface area contributed by atoms with Gasteiger partial charge in [0.2, 0.25) is 0 Å². The smallest absolute Gasteiger partial charge is 0.158 e. The van der Waals surface area contributed by atoms with Crippen LogP contribution >= 0.6 is 63.1 Å². The van der Waals surface area contributed by atoms with Crippen LogP contribution in [0.25, 0.3) is 0 Å². The summed E-state index contributed by atoms with van der Waals surface area (Å²) in [7, 11) is 4.00. The number of ether oxygens (including phenoxy) is 1. The molecule has 0 unspecified atom stereocenters. The van der Waals surface area contributed by atoms with Crippen molar-refractivity contribution in [1.29, 1.82) is 0 Å². The molecular weight excluding hydrogens is 517 g/mol. The summed E-state index contributed by atoms with van der Waals surface area (Å²) < 4.78 is 5.54. The zero-order valence-electron chi connectivity index (χ0n) is 19.8. The van der Waals surface area contributed by atoms with Crippen molar-refractivity contribution < 1.29 is 4.74 Å². The van der Waals surface area contributed by atoms with Crippen LogP contribution in [0.5, 0.6) is 0 Å². The Bertz CT molecular complexity index is 912. The molecule has 2 aliphatic rings. The Balaban J connectivity index is 0.00000256. The normalized spacial score (nSPS) is 18.1. The lowest BCUT2D eigenvalue weighted by molar-refractivity contribution is 0.0564. The first-order chi connectivity index (χ1) is 14.0. The van der Waals surface area contributed by atoms with Gasteiger partial charge in [0.15, 0.2) is 5.84 Å². The molecule has 1 aromatic heterocycles. The second kappa shape index (κ2) is 14.0. The minimum Gasteiger partial charge on any atom is -0.382 e. The lowest BCUT2D eigenvalue weighted by Gasteiger charge is -2.41. The number of anilines is 2. The molecule has 4 rings (SSSR count). The molecule has 11 heteroatoms. The summed E-state index contributed by atoms with van der Waals surface area (Å²) in [6.07, 6.45) is 1.25. The number of thiazole rings is 1. The number of piperazine rings is 1. The number of likely N-dealkylation sites (N-methyl/N-ethyl adjacent to an activating group) is 1. The number of benzene rings is 1. The molecule has 1 aromatic carbocycles. The molecule has 1 saturated heterocycles. The minimum absolute atomic E-state index is 0. The third kappa shape index (κ3) is 7.16. The van der Waals surface area contributed by atoms with E-state index in [1.54, 1.807) is 18.4 Å². The Morgan fingerprint density at radius 2 is 1.85 bits per heavy atom. The number of rotatable bonds is 4. The van der Waals surface area contributed by atoms with Gasteiger partial charge >= 0.3 is 0 Å². The number of hydrogen-bond donors (Lipinski definition) is 1. The van der Waals surface area contributed by atoms with E-state index in [9.17, 15) is 0 Å². The number of amidine groups is 1. The topological polar surface area (TPSA) is 53.0 Å². The van der Waals surface area contributed by atoms with Crippen molar-refractivity contribution >= 4 is 85.4 Å². The molecule has 3 heterocycles. The summed E-state index contributed by atoms with van der Waals surface area (Å²) in [5.74, 6) is 1.39. The molecule has 0 radical (unpaired) electrons. The summed E-state index contributed by atoms with van der Waals surface area (Å²) in [4.78, 5) is 15.0. The standard InChI is InChI=1S/C22H31N5OS.2ClH.2H2S/c1-14(2)21-25-19-20(23-17-8-6-7-9-18(17)24-22(19)29-21)27-11-10-26(4)16(13-27)12-15(3)28-5;;;;/h6-9,14-16,24H,10-13H2,1-5H3;2*1H;2*1H2/t15-,16-;;;;/m0..../s1. The molecule has 2 aromatic rings. The molecule has 1 N–H and O–H groups in total. The van der Waals surface area contributed by atoms with Gasteiger partial charge in [-0.05, 0) is 32.5 Å². The molecule has 33 heavy (non-hydrogen) atoms. The number of nitrogens with zero attached hydrogens (tertiary/aromatic N) is 4. The third-order valence-corrected chi connectivity index (χ3v) is 7.08. The number of hydrogen-bond acceptors (Lipinski definition) is 7. The number of halogens is 2. The minimum atomic E-state index is 0. The molecule has 1 fully saturated rings. The summed E-state index contributed by atoms with van der Waals surface area (Å²) >= 11 is 1.74. The van der Waals surface area contributed by atoms with Gasteiger partial charge in [0, 0.05) is 38.7 Å². The van der Waals surface area contributed by atoms with E-state index in [0.717, 1.165) is 59.0 Å². The van der Waals surface area contributed by atoms with Crippen molar-refractivity contribution in [2.75, 3.05) is 39.1 Å². The summed E-state index contributed by atoms with van der Waals surface area (Å²) in [5.41, 5.74) is 3.00. The van der Waals surface area contributed by atoms with Gasteiger partial charge in [0.1, 0.15) is 10.7 Å². The third-order valence-electron chi connectivity index (χ3n) is 5.81. The number of nitrogens with one attached hydrogen (secondary N) is 1. The van der Waals surface area contributed by atoms with Gasteiger partial charge in [-0.25, -0.2) is 9.98 Å². The van der Waals surface area contributed by atoms with E-state index in [4.69, 9.17) is 14.7 Å². The molecule has 0 spiro atoms. The van der Waals surface area contributed by atoms with E-state index < -0.39 is 0 Å². The van der Waals surface area contributed by atoms with E-state index in [0.29, 0.717) is 12.0 Å². The molecule has 0 amide bonds. The molecule has 2 atom stereocenters. The van der Waals surface area contributed by atoms with Crippen LogP contribution in [0.2, 0.25) is 0 Å². The summed E-state index contributed by atoms with van der Waals surface area (Å²) in [6, 6.07) is 8.69. The van der Waals surface area contributed by atoms with Crippen LogP contribution in [0.1, 0.15) is 43.8 Å². The molecule has 0 bridgehead atoms. The number of aliphatic imine (C=N–C) groups is 1. The quantitative estimate of drug-likeness (QED) is 0.540. The Hall–Kier alpha value is -0.680. The van der Waals surface area contributed by atoms with Crippen molar-refractivity contribution in [2.24, 2.45) is 4.99 Å². The summed E-state index contributed by atoms with van der Waals surface area (Å²) in [5, 5.41) is 5.84. The highest BCUT2D eigenvalue weighted by Crippen LogP contribution is 2.39. The van der Waals surface area contributed by atoms with Crippen LogP contribution in [0.4, 0.5) is 16.4 Å². The number of methoxy groups -OCH3 is 1. The zero-order chi connectivity index (χ0) is 20.5. The lowest BCUT2D eigenvalue weighted by atomic mass is 10.1. The highest BCUT2D eigenvalue weighted by molar-refractivity contribution is 7.59. The van der Waals surface area contributed by atoms with Crippen LogP contribution in [0.3, 0.4) is 0 Å². The molecule has 2 aliphatic heterocycles. The number of fused-ring (bicyclic) bond motifs is 2. The zero-order valence-corrected chi connectivity index (χ0v) is 24.2. The van der Waals surface area contributed by atoms with Gasteiger partial charge in [0.25, 0.3) is 0 Å². The van der Waals surface area contributed by atoms with Crippen molar-refractivity contribution in [2.45, 2.75) is 45.3 Å². The van der Waals surface area contributed by atoms with E-state index in [1.807, 2.05) is 6.07 Å². The van der Waals surface area contributed by atoms with Gasteiger partial charge in [-0.3, -0.25) is 4.90 Å². The second-order valence-corrected chi connectivity index (χ2v) is 9.36. The molecule has 0 saturated carbocycles. The van der Waals surface area contributed by atoms with Crippen molar-refractivity contribution in [1.82, 2.24) is 14.8 Å². The molecule has 6 nitrogen and oxygen atoms in total. The average molecular weight is 555 g/mol. The van der Waals surface area contributed by atoms with Crippen LogP contribution < -0.4 is 5.32 Å². The first-order valence-electron chi connectivity index (χ1n) is 10.4. The van der Waals surface area contributed by atoms with Crippen LogP contribution in [0, 0.1) is 0 Å². The van der Waals surface area contributed by atoms with Gasteiger partial charge in [-0.2, -0.15) is 27.0 Å². The summed E-state index contributed by atoms with van der Waals surface area (Å²) in [6.45, 7) is 9.42. The highest BCUT2D eigenvalue weighted by atomic mass is 35.5. The monoisotopic (exact) mass is 553 g/mol. The first kappa shape index (κ1) is 32.3. The van der Waals surface area contributed by atoms with E-state index in [2.05, 4.69) is 61.1 Å².